The molecule has 1 aliphatic rings. The van der Waals surface area contributed by atoms with Crippen LogP contribution in [0.4, 0.5) is 11.4 Å². The van der Waals surface area contributed by atoms with E-state index in [1.807, 2.05) is 20.9 Å². The summed E-state index contributed by atoms with van der Waals surface area (Å²) in [5.41, 5.74) is 5.82. The van der Waals surface area contributed by atoms with Crippen molar-refractivity contribution in [3.63, 3.8) is 0 Å². The third-order valence-electron chi connectivity index (χ3n) is 3.82. The van der Waals surface area contributed by atoms with E-state index in [0.717, 1.165) is 13.1 Å². The number of piperazine rings is 1. The van der Waals surface area contributed by atoms with E-state index in [9.17, 15) is 14.9 Å². The Labute approximate surface area is 123 Å². The van der Waals surface area contributed by atoms with E-state index in [1.54, 1.807) is 4.90 Å². The van der Waals surface area contributed by atoms with Gasteiger partial charge in [-0.25, -0.2) is 0 Å². The summed E-state index contributed by atoms with van der Waals surface area (Å²) in [5.74, 6) is -0.255. The molecule has 7 heteroatoms. The van der Waals surface area contributed by atoms with Gasteiger partial charge in [0.05, 0.1) is 16.0 Å². The van der Waals surface area contributed by atoms with Gasteiger partial charge in [0.2, 0.25) is 0 Å². The second-order valence-electron chi connectivity index (χ2n) is 6.04. The van der Waals surface area contributed by atoms with E-state index in [-0.39, 0.29) is 28.4 Å². The first-order valence-electron chi connectivity index (χ1n) is 6.77. The second kappa shape index (κ2) is 5.33. The maximum atomic E-state index is 12.7. The molecule has 0 bridgehead atoms. The minimum Gasteiger partial charge on any atom is -0.398 e. The van der Waals surface area contributed by atoms with Crippen LogP contribution in [0.1, 0.15) is 24.2 Å². The Hall–Kier alpha value is -2.15. The van der Waals surface area contributed by atoms with Crippen LogP contribution in [0.3, 0.4) is 0 Å². The number of nitro groups is 1. The standard InChI is InChI=1S/C14H20N4O3/c1-14(2)9-16(3)6-7-17(14)13(19)11-8-10(18(20)21)4-5-12(11)15/h4-5,8H,6-7,9,15H2,1-3H3. The number of nitrogen functional groups attached to an aromatic ring is 1. The minimum absolute atomic E-state index is 0.125. The first-order chi connectivity index (χ1) is 9.72. The Morgan fingerprint density at radius 1 is 1.38 bits per heavy atom. The first-order valence-corrected chi connectivity index (χ1v) is 6.77. The average molecular weight is 292 g/mol. The molecule has 0 saturated carbocycles. The van der Waals surface area contributed by atoms with Gasteiger partial charge in [-0.15, -0.1) is 0 Å². The number of likely N-dealkylation sites (N-methyl/N-ethyl adjacent to an activating group) is 1. The zero-order valence-electron chi connectivity index (χ0n) is 12.5. The molecule has 1 saturated heterocycles. The highest BCUT2D eigenvalue weighted by atomic mass is 16.6. The van der Waals surface area contributed by atoms with Crippen LogP contribution in [0.25, 0.3) is 0 Å². The number of rotatable bonds is 2. The quantitative estimate of drug-likeness (QED) is 0.504. The largest absolute Gasteiger partial charge is 0.398 e. The number of nitro benzene ring substituents is 1. The normalized spacial score (nSPS) is 18.5. The van der Waals surface area contributed by atoms with E-state index >= 15 is 0 Å². The maximum Gasteiger partial charge on any atom is 0.270 e. The number of hydrogen-bond donors (Lipinski definition) is 1. The predicted molar refractivity (Wildman–Crippen MR) is 80.1 cm³/mol. The van der Waals surface area contributed by atoms with Crippen molar-refractivity contribution < 1.29 is 9.72 Å². The number of amides is 1. The van der Waals surface area contributed by atoms with Gasteiger partial charge in [0.25, 0.3) is 11.6 Å². The molecule has 2 N–H and O–H groups in total. The fraction of sp³-hybridized carbons (Fsp3) is 0.500. The molecule has 0 unspecified atom stereocenters. The zero-order valence-corrected chi connectivity index (χ0v) is 12.5. The molecule has 1 aromatic carbocycles. The molecule has 1 aliphatic heterocycles. The molecule has 0 aliphatic carbocycles. The van der Waals surface area contributed by atoms with Gasteiger partial charge in [0.1, 0.15) is 0 Å². The molecule has 2 rings (SSSR count). The van der Waals surface area contributed by atoms with Crippen molar-refractivity contribution in [2.75, 3.05) is 32.4 Å². The lowest BCUT2D eigenvalue weighted by molar-refractivity contribution is -0.384. The van der Waals surface area contributed by atoms with Gasteiger partial charge in [-0.2, -0.15) is 0 Å². The van der Waals surface area contributed by atoms with Crippen molar-refractivity contribution in [1.82, 2.24) is 9.80 Å². The molecule has 0 spiro atoms. The van der Waals surface area contributed by atoms with Crippen molar-refractivity contribution >= 4 is 17.3 Å². The molecular weight excluding hydrogens is 272 g/mol. The van der Waals surface area contributed by atoms with Gasteiger partial charge in [-0.3, -0.25) is 14.9 Å². The number of non-ortho nitro benzene ring substituents is 1. The number of carbonyl (C=O) groups excluding carboxylic acids is 1. The Balaban J connectivity index is 2.35. The lowest BCUT2D eigenvalue weighted by atomic mass is 9.97. The summed E-state index contributed by atoms with van der Waals surface area (Å²) >= 11 is 0. The summed E-state index contributed by atoms with van der Waals surface area (Å²) in [7, 11) is 2.01. The van der Waals surface area contributed by atoms with Crippen LogP contribution in [0, 0.1) is 10.1 Å². The van der Waals surface area contributed by atoms with Crippen molar-refractivity contribution in [2.24, 2.45) is 0 Å². The highest BCUT2D eigenvalue weighted by molar-refractivity contribution is 6.00. The first kappa shape index (κ1) is 15.2. The van der Waals surface area contributed by atoms with E-state index in [2.05, 4.69) is 4.90 Å². The zero-order chi connectivity index (χ0) is 15.8. The topological polar surface area (TPSA) is 92.7 Å². The highest BCUT2D eigenvalue weighted by Gasteiger charge is 2.36. The van der Waals surface area contributed by atoms with Gasteiger partial charge >= 0.3 is 0 Å². The summed E-state index contributed by atoms with van der Waals surface area (Å²) in [6, 6.07) is 3.97. The summed E-state index contributed by atoms with van der Waals surface area (Å²) in [5, 5.41) is 10.9. The monoisotopic (exact) mass is 292 g/mol. The number of benzene rings is 1. The number of nitrogens with two attached hydrogens (primary N) is 1. The van der Waals surface area contributed by atoms with Gasteiger partial charge in [0, 0.05) is 37.5 Å². The molecule has 1 aromatic rings. The number of carbonyl (C=O) groups is 1. The Morgan fingerprint density at radius 2 is 2.05 bits per heavy atom. The van der Waals surface area contributed by atoms with Crippen LogP contribution in [-0.4, -0.2) is 52.9 Å². The molecular formula is C14H20N4O3. The highest BCUT2D eigenvalue weighted by Crippen LogP contribution is 2.26. The van der Waals surface area contributed by atoms with E-state index in [0.29, 0.717) is 6.54 Å². The third-order valence-corrected chi connectivity index (χ3v) is 3.82. The van der Waals surface area contributed by atoms with Crippen molar-refractivity contribution in [3.8, 4) is 0 Å². The fourth-order valence-corrected chi connectivity index (χ4v) is 2.76. The average Bonchev–Trinajstić information content (AvgIpc) is 2.37. The van der Waals surface area contributed by atoms with Gasteiger partial charge in [0.15, 0.2) is 0 Å². The Morgan fingerprint density at radius 3 is 2.62 bits per heavy atom. The molecule has 21 heavy (non-hydrogen) atoms. The second-order valence-corrected chi connectivity index (χ2v) is 6.04. The Kier molecular flexibility index (Phi) is 3.87. The van der Waals surface area contributed by atoms with Crippen molar-refractivity contribution in [2.45, 2.75) is 19.4 Å². The van der Waals surface area contributed by atoms with Crippen LogP contribution in [0.15, 0.2) is 18.2 Å². The predicted octanol–water partition coefficient (Wildman–Crippen LogP) is 1.34. The third kappa shape index (κ3) is 2.97. The lowest BCUT2D eigenvalue weighted by Gasteiger charge is -2.46. The van der Waals surface area contributed by atoms with Crippen molar-refractivity contribution in [3.05, 3.63) is 33.9 Å². The van der Waals surface area contributed by atoms with E-state index in [1.165, 1.54) is 18.2 Å². The molecule has 1 fully saturated rings. The molecule has 0 radical (unpaired) electrons. The number of anilines is 1. The summed E-state index contributed by atoms with van der Waals surface area (Å²) in [6.45, 7) is 6.05. The summed E-state index contributed by atoms with van der Waals surface area (Å²) in [4.78, 5) is 27.0. The maximum absolute atomic E-state index is 12.7. The SMILES string of the molecule is CN1CCN(C(=O)c2cc([N+](=O)[O-])ccc2N)C(C)(C)C1. The number of hydrogen-bond acceptors (Lipinski definition) is 5. The van der Waals surface area contributed by atoms with Crippen LogP contribution >= 0.6 is 0 Å². The van der Waals surface area contributed by atoms with Gasteiger partial charge < -0.3 is 15.5 Å². The van der Waals surface area contributed by atoms with Crippen LogP contribution in [-0.2, 0) is 0 Å². The van der Waals surface area contributed by atoms with E-state index < -0.39 is 4.92 Å². The summed E-state index contributed by atoms with van der Waals surface area (Å²) < 4.78 is 0. The molecule has 114 valence electrons. The number of nitrogens with zero attached hydrogens (tertiary/aromatic N) is 3. The minimum atomic E-state index is -0.522. The Bertz CT molecular complexity index is 586. The van der Waals surface area contributed by atoms with E-state index in [4.69, 9.17) is 5.73 Å². The van der Waals surface area contributed by atoms with Crippen molar-refractivity contribution in [1.29, 1.82) is 0 Å². The van der Waals surface area contributed by atoms with Crippen LogP contribution < -0.4 is 5.73 Å². The molecule has 7 nitrogen and oxygen atoms in total. The van der Waals surface area contributed by atoms with Gasteiger partial charge in [-0.1, -0.05) is 0 Å². The summed E-state index contributed by atoms with van der Waals surface area (Å²) in [6.07, 6.45) is 0. The van der Waals surface area contributed by atoms with Gasteiger partial charge in [-0.05, 0) is 27.0 Å². The van der Waals surface area contributed by atoms with Crippen LogP contribution in [0.2, 0.25) is 0 Å². The lowest BCUT2D eigenvalue weighted by Crippen LogP contribution is -2.60. The fourth-order valence-electron chi connectivity index (χ4n) is 2.76. The molecule has 0 aromatic heterocycles. The molecule has 1 amide bonds. The smallest absolute Gasteiger partial charge is 0.270 e. The van der Waals surface area contributed by atoms with Crippen LogP contribution in [0.5, 0.6) is 0 Å². The molecule has 0 atom stereocenters. The molecule has 1 heterocycles.